The van der Waals surface area contributed by atoms with Gasteiger partial charge in [0.25, 0.3) is 0 Å². The quantitative estimate of drug-likeness (QED) is 0.883. The number of halogens is 2. The monoisotopic (exact) mass is 384 g/mol. The lowest BCUT2D eigenvalue weighted by atomic mass is 9.75. The summed E-state index contributed by atoms with van der Waals surface area (Å²) in [5.74, 6) is -0.246. The number of pyridine rings is 1. The minimum absolute atomic E-state index is 0.0101. The third-order valence-corrected chi connectivity index (χ3v) is 6.63. The topological polar surface area (TPSA) is 62.5 Å². The smallest absolute Gasteiger partial charge is 0.250 e. The van der Waals surface area contributed by atoms with Crippen molar-refractivity contribution in [3.05, 3.63) is 59.3 Å². The highest BCUT2D eigenvalue weighted by molar-refractivity contribution is 5.92. The number of carbonyl (C=O) groups is 1. The minimum Gasteiger partial charge on any atom is -0.366 e. The van der Waals surface area contributed by atoms with Gasteiger partial charge in [-0.2, -0.15) is 0 Å². The molecule has 4 fully saturated rings. The van der Waals surface area contributed by atoms with Crippen LogP contribution >= 0.6 is 0 Å². The van der Waals surface area contributed by atoms with Gasteiger partial charge in [-0.05, 0) is 61.7 Å². The third-order valence-electron chi connectivity index (χ3n) is 6.63. The maximum absolute atomic E-state index is 13.9. The summed E-state index contributed by atoms with van der Waals surface area (Å²) in [5.41, 5.74) is 6.41. The number of nitrogens with zero attached hydrogens (tertiary/aromatic N) is 3. The van der Waals surface area contributed by atoms with Crippen LogP contribution in [0.5, 0.6) is 0 Å². The molecule has 146 valence electrons. The van der Waals surface area contributed by atoms with Crippen LogP contribution in [0.15, 0.2) is 36.5 Å². The van der Waals surface area contributed by atoms with Crippen molar-refractivity contribution in [2.75, 3.05) is 24.5 Å². The van der Waals surface area contributed by atoms with Gasteiger partial charge in [0.2, 0.25) is 5.91 Å². The minimum atomic E-state index is -0.537. The highest BCUT2D eigenvalue weighted by atomic mass is 19.1. The fourth-order valence-electron chi connectivity index (χ4n) is 5.47. The molecule has 1 aromatic heterocycles. The fraction of sp³-hybridized carbons (Fsp3) is 0.429. The Morgan fingerprint density at radius 1 is 1.07 bits per heavy atom. The summed E-state index contributed by atoms with van der Waals surface area (Å²) in [4.78, 5) is 20.6. The molecule has 7 heteroatoms. The molecule has 1 amide bonds. The molecular formula is C21H22F2N4O. The number of anilines is 1. The Balaban J connectivity index is 1.54. The first-order chi connectivity index (χ1) is 13.5. The van der Waals surface area contributed by atoms with E-state index in [1.54, 1.807) is 6.07 Å². The van der Waals surface area contributed by atoms with E-state index < -0.39 is 17.5 Å². The highest BCUT2D eigenvalue weighted by Gasteiger charge is 2.53. The predicted octanol–water partition coefficient (Wildman–Crippen LogP) is 2.53. The zero-order valence-electron chi connectivity index (χ0n) is 15.4. The third kappa shape index (κ3) is 2.76. The Morgan fingerprint density at radius 2 is 1.79 bits per heavy atom. The maximum Gasteiger partial charge on any atom is 0.250 e. The number of carbonyl (C=O) groups excluding carboxylic acids is 1. The Labute approximate surface area is 162 Å². The summed E-state index contributed by atoms with van der Waals surface area (Å²) >= 11 is 0. The second-order valence-electron chi connectivity index (χ2n) is 8.09. The molecule has 3 atom stereocenters. The zero-order chi connectivity index (χ0) is 19.4. The number of nitrogens with two attached hydrogens (primary N) is 1. The largest absolute Gasteiger partial charge is 0.366 e. The standard InChI is InChI=1S/C21H22F2N4O/c22-15-7-14(8-16(23)9-15)17-11-27(18-2-1-13(10-25-18)21(24)28)19-12-3-5-26(6-4-12)20(17)19/h1-2,7-10,12,17,19-20H,3-6,11H2,(H2,24,28)/t17-,19+,20+/m1/s1. The number of fused-ring (bicyclic) bond motifs is 2. The normalized spacial score (nSPS) is 31.1. The van der Waals surface area contributed by atoms with Gasteiger partial charge in [-0.25, -0.2) is 13.8 Å². The van der Waals surface area contributed by atoms with Crippen molar-refractivity contribution in [3.63, 3.8) is 0 Å². The van der Waals surface area contributed by atoms with E-state index in [-0.39, 0.29) is 18.0 Å². The number of hydrogen-bond donors (Lipinski definition) is 1. The van der Waals surface area contributed by atoms with E-state index in [2.05, 4.69) is 14.8 Å². The van der Waals surface area contributed by atoms with Crippen molar-refractivity contribution in [2.24, 2.45) is 11.7 Å². The lowest BCUT2D eigenvalue weighted by molar-refractivity contribution is 0.0354. The van der Waals surface area contributed by atoms with E-state index in [0.717, 1.165) is 37.8 Å². The predicted molar refractivity (Wildman–Crippen MR) is 101 cm³/mol. The van der Waals surface area contributed by atoms with Crippen LogP contribution in [0.2, 0.25) is 0 Å². The number of rotatable bonds is 3. The van der Waals surface area contributed by atoms with Crippen LogP contribution in [0.25, 0.3) is 0 Å². The summed E-state index contributed by atoms with van der Waals surface area (Å²) in [7, 11) is 0. The SMILES string of the molecule is NC(=O)c1ccc(N2C[C@H](c3cc(F)cc(F)c3)[C@H]3[C@@H]2C2CCN3CC2)nc1. The van der Waals surface area contributed by atoms with Gasteiger partial charge in [-0.3, -0.25) is 9.69 Å². The molecule has 4 aliphatic heterocycles. The number of hydrogen-bond acceptors (Lipinski definition) is 4. The average molecular weight is 384 g/mol. The number of aromatic nitrogens is 1. The van der Waals surface area contributed by atoms with E-state index in [1.165, 1.54) is 18.3 Å². The van der Waals surface area contributed by atoms with Gasteiger partial charge < -0.3 is 10.6 Å². The molecule has 2 bridgehead atoms. The molecule has 1 aromatic carbocycles. The van der Waals surface area contributed by atoms with Gasteiger partial charge in [0, 0.05) is 36.8 Å². The first kappa shape index (κ1) is 17.6. The second-order valence-corrected chi connectivity index (χ2v) is 8.09. The molecule has 2 N–H and O–H groups in total. The molecule has 5 heterocycles. The van der Waals surface area contributed by atoms with Crippen molar-refractivity contribution < 1.29 is 13.6 Å². The molecular weight excluding hydrogens is 362 g/mol. The first-order valence-corrected chi connectivity index (χ1v) is 9.74. The summed E-state index contributed by atoms with van der Waals surface area (Å²) in [6.07, 6.45) is 3.76. The van der Waals surface area contributed by atoms with Gasteiger partial charge in [-0.15, -0.1) is 0 Å². The van der Waals surface area contributed by atoms with Crippen LogP contribution in [0.3, 0.4) is 0 Å². The van der Waals surface area contributed by atoms with E-state index in [4.69, 9.17) is 5.73 Å². The number of primary amides is 1. The first-order valence-electron chi connectivity index (χ1n) is 9.74. The number of amides is 1. The van der Waals surface area contributed by atoms with E-state index in [0.29, 0.717) is 23.6 Å². The maximum atomic E-state index is 13.9. The van der Waals surface area contributed by atoms with Gasteiger partial charge in [0.15, 0.2) is 0 Å². The lowest BCUT2D eigenvalue weighted by Crippen LogP contribution is -2.60. The fourth-order valence-corrected chi connectivity index (χ4v) is 5.47. The zero-order valence-corrected chi connectivity index (χ0v) is 15.4. The molecule has 5 nitrogen and oxygen atoms in total. The number of piperidine rings is 3. The van der Waals surface area contributed by atoms with Crippen molar-refractivity contribution in [3.8, 4) is 0 Å². The van der Waals surface area contributed by atoms with Gasteiger partial charge >= 0.3 is 0 Å². The van der Waals surface area contributed by atoms with Gasteiger partial charge in [-0.1, -0.05) is 0 Å². The van der Waals surface area contributed by atoms with Crippen LogP contribution in [-0.2, 0) is 0 Å². The van der Waals surface area contributed by atoms with Gasteiger partial charge in [0.1, 0.15) is 17.5 Å². The van der Waals surface area contributed by atoms with Crippen molar-refractivity contribution >= 4 is 11.7 Å². The number of benzene rings is 1. The van der Waals surface area contributed by atoms with Crippen molar-refractivity contribution in [1.29, 1.82) is 0 Å². The molecule has 0 unspecified atom stereocenters. The van der Waals surface area contributed by atoms with Crippen LogP contribution in [0, 0.1) is 17.6 Å². The average Bonchev–Trinajstić information content (AvgIpc) is 3.11. The molecule has 0 aliphatic carbocycles. The van der Waals surface area contributed by atoms with E-state index in [1.807, 2.05) is 6.07 Å². The molecule has 0 spiro atoms. The molecule has 4 saturated heterocycles. The molecule has 0 radical (unpaired) electrons. The molecule has 4 aliphatic rings. The van der Waals surface area contributed by atoms with E-state index >= 15 is 0 Å². The summed E-state index contributed by atoms with van der Waals surface area (Å²) in [6.45, 7) is 2.71. The Morgan fingerprint density at radius 3 is 2.39 bits per heavy atom. The van der Waals surface area contributed by atoms with Crippen LogP contribution in [0.4, 0.5) is 14.6 Å². The van der Waals surface area contributed by atoms with Crippen LogP contribution in [0.1, 0.15) is 34.7 Å². The second kappa shape index (κ2) is 6.51. The molecule has 6 rings (SSSR count). The molecule has 0 saturated carbocycles. The molecule has 28 heavy (non-hydrogen) atoms. The Bertz CT molecular complexity index is 891. The van der Waals surface area contributed by atoms with Crippen molar-refractivity contribution in [1.82, 2.24) is 9.88 Å². The lowest BCUT2D eigenvalue weighted by Gasteiger charge is -2.51. The van der Waals surface area contributed by atoms with Gasteiger partial charge in [0.05, 0.1) is 5.56 Å². The van der Waals surface area contributed by atoms with Crippen LogP contribution in [-0.4, -0.2) is 47.5 Å². The highest BCUT2D eigenvalue weighted by Crippen LogP contribution is 2.47. The van der Waals surface area contributed by atoms with Crippen molar-refractivity contribution in [2.45, 2.75) is 30.8 Å². The van der Waals surface area contributed by atoms with E-state index in [9.17, 15) is 13.6 Å². The summed E-state index contributed by atoms with van der Waals surface area (Å²) in [6, 6.07) is 7.82. The Kier molecular flexibility index (Phi) is 4.08. The molecule has 2 aromatic rings. The summed E-state index contributed by atoms with van der Waals surface area (Å²) in [5, 5.41) is 0. The Hall–Kier alpha value is -2.54. The van der Waals surface area contributed by atoms with Crippen LogP contribution < -0.4 is 10.6 Å². The summed E-state index contributed by atoms with van der Waals surface area (Å²) < 4.78 is 27.8.